The van der Waals surface area contributed by atoms with E-state index in [4.69, 9.17) is 9.47 Å². The van der Waals surface area contributed by atoms with E-state index < -0.39 is 0 Å². The first-order valence-corrected chi connectivity index (χ1v) is 7.26. The van der Waals surface area contributed by atoms with Crippen molar-refractivity contribution in [1.82, 2.24) is 10.2 Å². The highest BCUT2D eigenvalue weighted by Crippen LogP contribution is 2.17. The lowest BCUT2D eigenvalue weighted by atomic mass is 9.98. The van der Waals surface area contributed by atoms with E-state index >= 15 is 0 Å². The van der Waals surface area contributed by atoms with E-state index in [-0.39, 0.29) is 12.0 Å². The Balaban J connectivity index is 2.31. The molecule has 2 unspecified atom stereocenters. The van der Waals surface area contributed by atoms with Gasteiger partial charge >= 0.3 is 5.97 Å². The molecule has 1 aliphatic rings. The highest BCUT2D eigenvalue weighted by atomic mass is 16.5. The average molecular weight is 272 g/mol. The van der Waals surface area contributed by atoms with Gasteiger partial charge in [0.05, 0.1) is 13.2 Å². The molecule has 1 heterocycles. The molecule has 0 aromatic heterocycles. The highest BCUT2D eigenvalue weighted by Gasteiger charge is 2.22. The molecule has 0 amide bonds. The first kappa shape index (κ1) is 16.4. The molecule has 5 heteroatoms. The molecule has 0 radical (unpaired) electrons. The molecule has 1 fully saturated rings. The number of carbonyl (C=O) groups excluding carboxylic acids is 1. The Hall–Kier alpha value is -0.650. The number of likely N-dealkylation sites (N-methyl/N-ethyl adjacent to an activating group) is 1. The van der Waals surface area contributed by atoms with Crippen LogP contribution in [0.1, 0.15) is 26.2 Å². The molecule has 1 rings (SSSR count). The van der Waals surface area contributed by atoms with Gasteiger partial charge in [-0.25, -0.2) is 0 Å². The zero-order valence-electron chi connectivity index (χ0n) is 12.5. The summed E-state index contributed by atoms with van der Waals surface area (Å²) in [5.74, 6) is 0.491. The normalized spacial score (nSPS) is 22.2. The number of ether oxygens (including phenoxy) is 2. The van der Waals surface area contributed by atoms with Crippen molar-refractivity contribution in [2.45, 2.75) is 32.2 Å². The molecule has 1 saturated heterocycles. The number of nitrogens with zero attached hydrogens (tertiary/aromatic N) is 1. The van der Waals surface area contributed by atoms with Crippen LogP contribution < -0.4 is 5.32 Å². The van der Waals surface area contributed by atoms with E-state index in [0.29, 0.717) is 12.5 Å². The average Bonchev–Trinajstić information content (AvgIpc) is 2.40. The molecule has 0 spiro atoms. The molecule has 1 N–H and O–H groups in total. The smallest absolute Gasteiger partial charge is 0.323 e. The number of rotatable bonds is 8. The second-order valence-corrected chi connectivity index (χ2v) is 5.15. The summed E-state index contributed by atoms with van der Waals surface area (Å²) in [7, 11) is 3.57. The summed E-state index contributed by atoms with van der Waals surface area (Å²) in [4.78, 5) is 14.1. The number of carbonyl (C=O) groups is 1. The van der Waals surface area contributed by atoms with Crippen LogP contribution in [-0.2, 0) is 14.3 Å². The van der Waals surface area contributed by atoms with Crippen molar-refractivity contribution in [3.05, 3.63) is 0 Å². The van der Waals surface area contributed by atoms with Crippen molar-refractivity contribution in [3.8, 4) is 0 Å². The number of esters is 1. The van der Waals surface area contributed by atoms with Gasteiger partial charge in [0.1, 0.15) is 6.04 Å². The third-order valence-electron chi connectivity index (χ3n) is 3.66. The van der Waals surface area contributed by atoms with E-state index in [1.54, 1.807) is 7.11 Å². The van der Waals surface area contributed by atoms with Crippen LogP contribution in [0.15, 0.2) is 0 Å². The standard InChI is InChI=1S/C14H28N2O3/c1-4-19-14(17)13(15-2)7-9-16-8-5-6-12(10-16)11-18-3/h12-13,15H,4-11H2,1-3H3. The van der Waals surface area contributed by atoms with Gasteiger partial charge in [0.15, 0.2) is 0 Å². The van der Waals surface area contributed by atoms with E-state index in [9.17, 15) is 4.79 Å². The van der Waals surface area contributed by atoms with Crippen molar-refractivity contribution < 1.29 is 14.3 Å². The minimum Gasteiger partial charge on any atom is -0.465 e. The summed E-state index contributed by atoms with van der Waals surface area (Å²) in [6, 6.07) is -0.192. The van der Waals surface area contributed by atoms with Gasteiger partial charge in [-0.3, -0.25) is 4.79 Å². The largest absolute Gasteiger partial charge is 0.465 e. The fourth-order valence-corrected chi connectivity index (χ4v) is 2.66. The number of likely N-dealkylation sites (tertiary alicyclic amines) is 1. The topological polar surface area (TPSA) is 50.8 Å². The maximum absolute atomic E-state index is 11.7. The van der Waals surface area contributed by atoms with Crippen molar-refractivity contribution in [2.24, 2.45) is 5.92 Å². The molecule has 112 valence electrons. The van der Waals surface area contributed by atoms with Crippen LogP contribution in [0.2, 0.25) is 0 Å². The Bertz CT molecular complexity index is 259. The third kappa shape index (κ3) is 5.89. The summed E-state index contributed by atoms with van der Waals surface area (Å²) in [6.07, 6.45) is 3.27. The van der Waals surface area contributed by atoms with E-state index in [0.717, 1.165) is 32.7 Å². The summed E-state index contributed by atoms with van der Waals surface area (Å²) in [6.45, 7) is 6.25. The molecular formula is C14H28N2O3. The minimum atomic E-state index is -0.192. The van der Waals surface area contributed by atoms with Crippen LogP contribution >= 0.6 is 0 Å². The fraction of sp³-hybridized carbons (Fsp3) is 0.929. The first-order valence-electron chi connectivity index (χ1n) is 7.26. The monoisotopic (exact) mass is 272 g/mol. The Labute approximate surface area is 116 Å². The maximum Gasteiger partial charge on any atom is 0.323 e. The van der Waals surface area contributed by atoms with Crippen molar-refractivity contribution in [2.75, 3.05) is 47.0 Å². The van der Waals surface area contributed by atoms with Gasteiger partial charge in [-0.15, -0.1) is 0 Å². The van der Waals surface area contributed by atoms with Gasteiger partial charge in [0.2, 0.25) is 0 Å². The van der Waals surface area contributed by atoms with E-state index in [1.807, 2.05) is 14.0 Å². The zero-order valence-corrected chi connectivity index (χ0v) is 12.5. The van der Waals surface area contributed by atoms with Crippen LogP contribution in [0, 0.1) is 5.92 Å². The zero-order chi connectivity index (χ0) is 14.1. The molecule has 0 aromatic carbocycles. The molecular weight excluding hydrogens is 244 g/mol. The van der Waals surface area contributed by atoms with E-state index in [1.165, 1.54) is 12.8 Å². The van der Waals surface area contributed by atoms with Crippen LogP contribution in [0.3, 0.4) is 0 Å². The Kier molecular flexibility index (Phi) is 8.02. The van der Waals surface area contributed by atoms with Crippen LogP contribution in [0.5, 0.6) is 0 Å². The lowest BCUT2D eigenvalue weighted by molar-refractivity contribution is -0.145. The predicted octanol–water partition coefficient (Wildman–Crippen LogP) is 0.886. The lowest BCUT2D eigenvalue weighted by Crippen LogP contribution is -2.42. The first-order chi connectivity index (χ1) is 9.21. The quantitative estimate of drug-likeness (QED) is 0.665. The molecule has 0 bridgehead atoms. The number of hydrogen-bond acceptors (Lipinski definition) is 5. The Morgan fingerprint density at radius 3 is 2.95 bits per heavy atom. The van der Waals surface area contributed by atoms with Crippen molar-refractivity contribution >= 4 is 5.97 Å². The maximum atomic E-state index is 11.7. The van der Waals surface area contributed by atoms with Crippen molar-refractivity contribution in [3.63, 3.8) is 0 Å². The summed E-state index contributed by atoms with van der Waals surface area (Å²) in [5, 5.41) is 3.04. The minimum absolute atomic E-state index is 0.143. The van der Waals surface area contributed by atoms with Gasteiger partial charge in [-0.05, 0) is 45.7 Å². The fourth-order valence-electron chi connectivity index (χ4n) is 2.66. The summed E-state index contributed by atoms with van der Waals surface area (Å²) < 4.78 is 10.3. The van der Waals surface area contributed by atoms with Gasteiger partial charge in [-0.1, -0.05) is 0 Å². The molecule has 0 aliphatic carbocycles. The molecule has 5 nitrogen and oxygen atoms in total. The Morgan fingerprint density at radius 2 is 2.32 bits per heavy atom. The number of piperidine rings is 1. The van der Waals surface area contributed by atoms with Gasteiger partial charge < -0.3 is 19.7 Å². The van der Waals surface area contributed by atoms with E-state index in [2.05, 4.69) is 10.2 Å². The highest BCUT2D eigenvalue weighted by molar-refractivity contribution is 5.75. The molecule has 0 aromatic rings. The van der Waals surface area contributed by atoms with Crippen LogP contribution in [0.25, 0.3) is 0 Å². The third-order valence-corrected chi connectivity index (χ3v) is 3.66. The lowest BCUT2D eigenvalue weighted by Gasteiger charge is -2.33. The van der Waals surface area contributed by atoms with Gasteiger partial charge in [-0.2, -0.15) is 0 Å². The molecule has 19 heavy (non-hydrogen) atoms. The number of nitrogens with one attached hydrogen (secondary N) is 1. The SMILES string of the molecule is CCOC(=O)C(CCN1CCCC(COC)C1)NC. The molecule has 2 atom stereocenters. The van der Waals surface area contributed by atoms with Crippen LogP contribution in [-0.4, -0.2) is 63.9 Å². The molecule has 1 aliphatic heterocycles. The van der Waals surface area contributed by atoms with Crippen molar-refractivity contribution in [1.29, 1.82) is 0 Å². The summed E-state index contributed by atoms with van der Waals surface area (Å²) in [5.41, 5.74) is 0. The Morgan fingerprint density at radius 1 is 1.53 bits per heavy atom. The van der Waals surface area contributed by atoms with Crippen LogP contribution in [0.4, 0.5) is 0 Å². The molecule has 0 saturated carbocycles. The second-order valence-electron chi connectivity index (χ2n) is 5.15. The number of hydrogen-bond donors (Lipinski definition) is 1. The summed E-state index contributed by atoms with van der Waals surface area (Å²) >= 11 is 0. The van der Waals surface area contributed by atoms with Gasteiger partial charge in [0, 0.05) is 20.2 Å². The van der Waals surface area contributed by atoms with Gasteiger partial charge in [0.25, 0.3) is 0 Å². The number of methoxy groups -OCH3 is 1. The second kappa shape index (κ2) is 9.28. The predicted molar refractivity (Wildman–Crippen MR) is 75.1 cm³/mol.